The smallest absolute Gasteiger partial charge is 0.349 e. The van der Waals surface area contributed by atoms with Gasteiger partial charge in [-0.1, -0.05) is 29.8 Å². The van der Waals surface area contributed by atoms with E-state index in [0.717, 1.165) is 5.41 Å². The van der Waals surface area contributed by atoms with Gasteiger partial charge in [0.2, 0.25) is 0 Å². The average Bonchev–Trinajstić information content (AvgIpc) is 3.02. The molecule has 1 amide bonds. The number of hydrogen-bond donors (Lipinski definition) is 0. The van der Waals surface area contributed by atoms with Crippen LogP contribution in [0.2, 0.25) is 5.02 Å². The third-order valence-corrected chi connectivity index (χ3v) is 6.07. The van der Waals surface area contributed by atoms with Gasteiger partial charge in [-0.2, -0.15) is 0 Å². The van der Waals surface area contributed by atoms with Crippen LogP contribution in [0.25, 0.3) is 11.0 Å². The summed E-state index contributed by atoms with van der Waals surface area (Å²) in [5.41, 5.74) is -0.169. The Labute approximate surface area is 165 Å². The molecule has 1 aliphatic rings. The predicted molar refractivity (Wildman–Crippen MR) is 107 cm³/mol. The van der Waals surface area contributed by atoms with Gasteiger partial charge in [0.1, 0.15) is 11.1 Å². The normalized spacial score (nSPS) is 17.7. The van der Waals surface area contributed by atoms with E-state index in [1.54, 1.807) is 48.5 Å². The lowest BCUT2D eigenvalue weighted by Crippen LogP contribution is -2.42. The molecule has 2 heterocycles. The zero-order valence-corrected chi connectivity index (χ0v) is 16.0. The van der Waals surface area contributed by atoms with Crippen molar-refractivity contribution in [2.24, 2.45) is 0 Å². The molecule has 142 valence electrons. The van der Waals surface area contributed by atoms with Gasteiger partial charge >= 0.3 is 5.63 Å². The topological polar surface area (TPSA) is 84.7 Å². The van der Waals surface area contributed by atoms with Gasteiger partial charge in [0.05, 0.1) is 11.8 Å². The van der Waals surface area contributed by atoms with Crippen LogP contribution in [0, 0.1) is 0 Å². The molecular formula is C20H14ClNO5S. The van der Waals surface area contributed by atoms with Gasteiger partial charge in [0, 0.05) is 21.5 Å². The van der Waals surface area contributed by atoms with E-state index in [0.29, 0.717) is 21.7 Å². The van der Waals surface area contributed by atoms with E-state index in [9.17, 15) is 18.0 Å². The van der Waals surface area contributed by atoms with Crippen molar-refractivity contribution < 1.29 is 17.6 Å². The van der Waals surface area contributed by atoms with Crippen LogP contribution in [0.4, 0.5) is 5.69 Å². The van der Waals surface area contributed by atoms with Crippen molar-refractivity contribution in [2.75, 3.05) is 10.7 Å². The van der Waals surface area contributed by atoms with Gasteiger partial charge in [-0.05, 0) is 42.5 Å². The summed E-state index contributed by atoms with van der Waals surface area (Å²) in [5, 5.41) is 2.14. The number of carbonyl (C=O) groups is 1. The predicted octanol–water partition coefficient (Wildman–Crippen LogP) is 3.40. The Bertz CT molecular complexity index is 1260. The van der Waals surface area contributed by atoms with Gasteiger partial charge < -0.3 is 9.32 Å². The Balaban J connectivity index is 1.83. The third-order valence-electron chi connectivity index (χ3n) is 4.44. The fraction of sp³-hybridized carbons (Fsp3) is 0.100. The Morgan fingerprint density at radius 3 is 2.50 bits per heavy atom. The number of amides is 1. The summed E-state index contributed by atoms with van der Waals surface area (Å²) >= 11 is 5.93. The van der Waals surface area contributed by atoms with Crippen LogP contribution in [0.15, 0.2) is 75.3 Å². The molecule has 0 saturated carbocycles. The van der Waals surface area contributed by atoms with Gasteiger partial charge in [0.15, 0.2) is 9.84 Å². The molecule has 0 spiro atoms. The van der Waals surface area contributed by atoms with E-state index in [1.165, 1.54) is 17.0 Å². The molecule has 4 rings (SSSR count). The fourth-order valence-electron chi connectivity index (χ4n) is 3.12. The van der Waals surface area contributed by atoms with Crippen molar-refractivity contribution in [3.05, 3.63) is 87.1 Å². The lowest BCUT2D eigenvalue weighted by molar-refractivity contribution is 0.0979. The van der Waals surface area contributed by atoms with Gasteiger partial charge in [0.25, 0.3) is 5.91 Å². The summed E-state index contributed by atoms with van der Waals surface area (Å²) in [6.07, 6.45) is 1.44. The van der Waals surface area contributed by atoms with E-state index < -0.39 is 27.4 Å². The first-order valence-electron chi connectivity index (χ1n) is 8.37. The Morgan fingerprint density at radius 1 is 1.11 bits per heavy atom. The molecule has 0 fully saturated rings. The number of hydrogen-bond acceptors (Lipinski definition) is 5. The van der Waals surface area contributed by atoms with Crippen molar-refractivity contribution in [3.8, 4) is 0 Å². The monoisotopic (exact) mass is 415 g/mol. The zero-order chi connectivity index (χ0) is 19.9. The molecule has 1 atom stereocenters. The van der Waals surface area contributed by atoms with Crippen LogP contribution in [-0.2, 0) is 9.84 Å². The molecule has 0 bridgehead atoms. The molecule has 1 aliphatic heterocycles. The maximum atomic E-state index is 13.3. The number of sulfone groups is 1. The summed E-state index contributed by atoms with van der Waals surface area (Å²) in [6, 6.07) is 13.9. The molecule has 0 unspecified atom stereocenters. The third kappa shape index (κ3) is 3.46. The van der Waals surface area contributed by atoms with Crippen molar-refractivity contribution in [2.45, 2.75) is 6.04 Å². The number of rotatable bonds is 3. The number of fused-ring (bicyclic) bond motifs is 1. The minimum absolute atomic E-state index is 0.175. The quantitative estimate of drug-likeness (QED) is 0.612. The number of carbonyl (C=O) groups excluding carboxylic acids is 1. The maximum absolute atomic E-state index is 13.3. The first-order valence-corrected chi connectivity index (χ1v) is 10.5. The van der Waals surface area contributed by atoms with Crippen molar-refractivity contribution in [1.82, 2.24) is 0 Å². The Hall–Kier alpha value is -2.90. The molecule has 28 heavy (non-hydrogen) atoms. The van der Waals surface area contributed by atoms with Gasteiger partial charge in [-0.25, -0.2) is 13.2 Å². The molecule has 0 saturated heterocycles. The lowest BCUT2D eigenvalue weighted by Gasteiger charge is -2.27. The van der Waals surface area contributed by atoms with Crippen LogP contribution in [-0.4, -0.2) is 26.1 Å². The minimum atomic E-state index is -3.42. The Kier molecular flexibility index (Phi) is 4.56. The zero-order valence-electron chi connectivity index (χ0n) is 14.4. The molecule has 6 nitrogen and oxygen atoms in total. The Morgan fingerprint density at radius 2 is 1.82 bits per heavy atom. The molecule has 1 aromatic heterocycles. The maximum Gasteiger partial charge on any atom is 0.349 e. The van der Waals surface area contributed by atoms with Crippen LogP contribution in [0.3, 0.4) is 0 Å². The van der Waals surface area contributed by atoms with Crippen molar-refractivity contribution in [1.29, 1.82) is 0 Å². The molecule has 3 aromatic rings. The van der Waals surface area contributed by atoms with Crippen LogP contribution < -0.4 is 10.5 Å². The van der Waals surface area contributed by atoms with E-state index >= 15 is 0 Å². The van der Waals surface area contributed by atoms with E-state index in [4.69, 9.17) is 16.0 Å². The van der Waals surface area contributed by atoms with Crippen LogP contribution >= 0.6 is 11.6 Å². The highest BCUT2D eigenvalue weighted by Crippen LogP contribution is 2.26. The second-order valence-electron chi connectivity index (χ2n) is 6.36. The second-order valence-corrected chi connectivity index (χ2v) is 8.73. The first-order chi connectivity index (χ1) is 13.3. The minimum Gasteiger partial charge on any atom is -0.422 e. The standard InChI is InChI=1S/C20H14ClNO5S/c21-14-5-7-15(8-6-14)22(16-9-10-28(25,26)12-16)19(23)17-11-13-3-1-2-4-18(13)27-20(17)24/h1-11,16H,12H2/t16-/m0/s1. The summed E-state index contributed by atoms with van der Waals surface area (Å²) in [6.45, 7) is 0. The highest BCUT2D eigenvalue weighted by atomic mass is 35.5. The average molecular weight is 416 g/mol. The van der Waals surface area contributed by atoms with Crippen LogP contribution in [0.5, 0.6) is 0 Å². The van der Waals surface area contributed by atoms with Gasteiger partial charge in [-0.3, -0.25) is 4.79 Å². The SMILES string of the molecule is O=C(c1cc2ccccc2oc1=O)N(c1ccc(Cl)cc1)[C@H]1C=CS(=O)(=O)C1. The molecule has 8 heteroatoms. The number of halogens is 1. The molecule has 2 aromatic carbocycles. The van der Waals surface area contributed by atoms with E-state index in [2.05, 4.69) is 0 Å². The lowest BCUT2D eigenvalue weighted by atomic mass is 10.1. The van der Waals surface area contributed by atoms with Gasteiger partial charge in [-0.15, -0.1) is 0 Å². The largest absolute Gasteiger partial charge is 0.422 e. The van der Waals surface area contributed by atoms with Crippen LogP contribution in [0.1, 0.15) is 10.4 Å². The summed E-state index contributed by atoms with van der Waals surface area (Å²) in [4.78, 5) is 27.0. The summed E-state index contributed by atoms with van der Waals surface area (Å²) in [7, 11) is -3.42. The molecule has 0 radical (unpaired) electrons. The fourth-order valence-corrected chi connectivity index (χ4v) is 4.52. The first kappa shape index (κ1) is 18.5. The second kappa shape index (κ2) is 6.92. The summed E-state index contributed by atoms with van der Waals surface area (Å²) < 4.78 is 29.1. The molecular weight excluding hydrogens is 402 g/mol. The number of benzene rings is 2. The van der Waals surface area contributed by atoms with E-state index in [1.807, 2.05) is 0 Å². The van der Waals surface area contributed by atoms with Crippen molar-refractivity contribution in [3.63, 3.8) is 0 Å². The number of anilines is 1. The highest BCUT2D eigenvalue weighted by molar-refractivity contribution is 7.94. The molecule has 0 aliphatic carbocycles. The molecule has 0 N–H and O–H groups in total. The highest BCUT2D eigenvalue weighted by Gasteiger charge is 2.33. The number of para-hydroxylation sites is 1. The number of nitrogens with zero attached hydrogens (tertiary/aromatic N) is 1. The van der Waals surface area contributed by atoms with E-state index in [-0.39, 0.29) is 11.3 Å². The van der Waals surface area contributed by atoms with Crippen molar-refractivity contribution >= 4 is 44.0 Å². The summed E-state index contributed by atoms with van der Waals surface area (Å²) in [5.74, 6) is -0.908.